The standard InChI is InChI=1S/C34H34Cl2FN3O3/c1-21(41)39-19-26-17-28(23-8-6-22(7-9-23)14-15-43-32-16-25(37)10-13-30(32)36)33(31(20-39)38-26)34(42)40(27-11-12-27)18-24-4-2-3-5-29(24)35/h2-10,13,16,26-27,31,38H,11-12,14-15,17-20H2,1H3/t26-,31-/m1/s1. The molecule has 0 unspecified atom stereocenters. The van der Waals surface area contributed by atoms with Crippen LogP contribution < -0.4 is 10.1 Å². The van der Waals surface area contributed by atoms with Crippen molar-refractivity contribution in [2.24, 2.45) is 0 Å². The number of carbonyl (C=O) groups is 2. The number of carbonyl (C=O) groups excluding carboxylic acids is 2. The molecule has 3 aromatic rings. The molecule has 6 nitrogen and oxygen atoms in total. The number of halogens is 3. The van der Waals surface area contributed by atoms with Crippen LogP contribution in [0.15, 0.2) is 72.3 Å². The maximum absolute atomic E-state index is 14.5. The van der Waals surface area contributed by atoms with Crippen molar-refractivity contribution in [3.63, 3.8) is 0 Å². The fourth-order valence-corrected chi connectivity index (χ4v) is 6.45. The van der Waals surface area contributed by atoms with E-state index in [0.717, 1.165) is 40.7 Å². The smallest absolute Gasteiger partial charge is 0.252 e. The van der Waals surface area contributed by atoms with Gasteiger partial charge in [-0.15, -0.1) is 0 Å². The third-order valence-corrected chi connectivity index (χ3v) is 9.15. The molecular weight excluding hydrogens is 588 g/mol. The highest BCUT2D eigenvalue weighted by Gasteiger charge is 2.43. The molecule has 0 spiro atoms. The van der Waals surface area contributed by atoms with Crippen molar-refractivity contribution in [2.75, 3.05) is 19.7 Å². The predicted molar refractivity (Wildman–Crippen MR) is 167 cm³/mol. The highest BCUT2D eigenvalue weighted by molar-refractivity contribution is 6.32. The summed E-state index contributed by atoms with van der Waals surface area (Å²) in [7, 11) is 0. The zero-order chi connectivity index (χ0) is 30.1. The third kappa shape index (κ3) is 6.74. The van der Waals surface area contributed by atoms with Gasteiger partial charge in [0.25, 0.3) is 5.91 Å². The molecule has 1 aliphatic carbocycles. The summed E-state index contributed by atoms with van der Waals surface area (Å²) in [6.07, 6.45) is 3.20. The van der Waals surface area contributed by atoms with Gasteiger partial charge in [0.05, 0.1) is 17.7 Å². The fraction of sp³-hybridized carbons (Fsp3) is 0.353. The first-order chi connectivity index (χ1) is 20.8. The summed E-state index contributed by atoms with van der Waals surface area (Å²) in [6, 6.07) is 19.9. The molecule has 43 heavy (non-hydrogen) atoms. The first-order valence-electron chi connectivity index (χ1n) is 14.7. The van der Waals surface area contributed by atoms with Crippen molar-refractivity contribution < 1.29 is 18.7 Å². The lowest BCUT2D eigenvalue weighted by atomic mass is 9.82. The summed E-state index contributed by atoms with van der Waals surface area (Å²) in [6.45, 7) is 3.45. The van der Waals surface area contributed by atoms with Crippen LogP contribution >= 0.6 is 23.2 Å². The van der Waals surface area contributed by atoms with Gasteiger partial charge in [-0.1, -0.05) is 65.7 Å². The van der Waals surface area contributed by atoms with E-state index in [-0.39, 0.29) is 29.9 Å². The van der Waals surface area contributed by atoms with Crippen LogP contribution in [0.2, 0.25) is 10.0 Å². The zero-order valence-electron chi connectivity index (χ0n) is 24.0. The SMILES string of the molecule is CC(=O)N1C[C@H]2CC(c3ccc(CCOc4cc(F)ccc4Cl)cc3)=C(C(=O)N(Cc3ccccc3Cl)C3CC3)[C@@H](C1)N2. The van der Waals surface area contributed by atoms with Crippen LogP contribution in [-0.4, -0.2) is 59.4 Å². The van der Waals surface area contributed by atoms with Gasteiger partial charge in [-0.25, -0.2) is 4.39 Å². The van der Waals surface area contributed by atoms with E-state index in [2.05, 4.69) is 17.4 Å². The summed E-state index contributed by atoms with van der Waals surface area (Å²) in [5, 5.41) is 4.66. The number of hydrogen-bond donors (Lipinski definition) is 1. The molecule has 2 heterocycles. The molecule has 2 aliphatic heterocycles. The second kappa shape index (κ2) is 12.7. The van der Waals surface area contributed by atoms with Gasteiger partial charge >= 0.3 is 0 Å². The highest BCUT2D eigenvalue weighted by Crippen LogP contribution is 2.38. The summed E-state index contributed by atoms with van der Waals surface area (Å²) >= 11 is 12.6. The lowest BCUT2D eigenvalue weighted by molar-refractivity contribution is -0.132. The van der Waals surface area contributed by atoms with Crippen LogP contribution in [0.4, 0.5) is 4.39 Å². The van der Waals surface area contributed by atoms with Crippen LogP contribution in [0, 0.1) is 5.82 Å². The Balaban J connectivity index is 1.27. The molecule has 1 saturated carbocycles. The highest BCUT2D eigenvalue weighted by atomic mass is 35.5. The molecule has 224 valence electrons. The molecule has 0 radical (unpaired) electrons. The number of hydrogen-bond acceptors (Lipinski definition) is 4. The van der Waals surface area contributed by atoms with E-state index in [1.165, 1.54) is 18.2 Å². The normalized spacial score (nSPS) is 19.8. The number of rotatable bonds is 9. The Hall–Kier alpha value is -3.39. The molecule has 6 rings (SSSR count). The van der Waals surface area contributed by atoms with Gasteiger partial charge < -0.3 is 19.9 Å². The number of nitrogens with one attached hydrogen (secondary N) is 1. The molecule has 1 N–H and O–H groups in total. The number of nitrogens with zero attached hydrogens (tertiary/aromatic N) is 2. The Bertz CT molecular complexity index is 1560. The topological polar surface area (TPSA) is 61.9 Å². The number of benzene rings is 3. The van der Waals surface area contributed by atoms with E-state index in [4.69, 9.17) is 27.9 Å². The van der Waals surface area contributed by atoms with Crippen molar-refractivity contribution >= 4 is 40.6 Å². The molecule has 3 aliphatic rings. The van der Waals surface area contributed by atoms with E-state index in [9.17, 15) is 14.0 Å². The van der Waals surface area contributed by atoms with Crippen molar-refractivity contribution in [1.82, 2.24) is 15.1 Å². The van der Waals surface area contributed by atoms with E-state index in [1.54, 1.807) is 6.92 Å². The van der Waals surface area contributed by atoms with Gasteiger partial charge in [0, 0.05) is 61.7 Å². The van der Waals surface area contributed by atoms with E-state index in [1.807, 2.05) is 46.2 Å². The van der Waals surface area contributed by atoms with Gasteiger partial charge in [0.15, 0.2) is 0 Å². The lowest BCUT2D eigenvalue weighted by Gasteiger charge is -2.44. The van der Waals surface area contributed by atoms with E-state index in [0.29, 0.717) is 54.9 Å². The fourth-order valence-electron chi connectivity index (χ4n) is 6.08. The second-order valence-electron chi connectivity index (χ2n) is 11.6. The zero-order valence-corrected chi connectivity index (χ0v) is 25.5. The minimum Gasteiger partial charge on any atom is -0.492 e. The molecule has 0 aromatic heterocycles. The number of amides is 2. The Morgan fingerprint density at radius 3 is 2.51 bits per heavy atom. The molecule has 2 amide bonds. The average Bonchev–Trinajstić information content (AvgIpc) is 3.83. The number of fused-ring (bicyclic) bond motifs is 2. The van der Waals surface area contributed by atoms with Gasteiger partial charge in [0.2, 0.25) is 5.91 Å². The average molecular weight is 623 g/mol. The maximum Gasteiger partial charge on any atom is 0.252 e. The molecule has 2 bridgehead atoms. The van der Waals surface area contributed by atoms with Crippen LogP contribution in [0.1, 0.15) is 42.9 Å². The largest absolute Gasteiger partial charge is 0.492 e. The van der Waals surface area contributed by atoms with Crippen molar-refractivity contribution in [2.45, 2.75) is 57.3 Å². The molecular formula is C34H34Cl2FN3O3. The summed E-state index contributed by atoms with van der Waals surface area (Å²) < 4.78 is 19.3. The molecule has 3 aromatic carbocycles. The monoisotopic (exact) mass is 621 g/mol. The summed E-state index contributed by atoms with van der Waals surface area (Å²) in [5.41, 5.74) is 4.75. The maximum atomic E-state index is 14.5. The minimum atomic E-state index is -0.396. The van der Waals surface area contributed by atoms with Gasteiger partial charge in [-0.2, -0.15) is 0 Å². The first kappa shape index (κ1) is 29.7. The van der Waals surface area contributed by atoms with Crippen LogP contribution in [0.5, 0.6) is 5.75 Å². The van der Waals surface area contributed by atoms with Crippen molar-refractivity contribution in [1.29, 1.82) is 0 Å². The van der Waals surface area contributed by atoms with Gasteiger partial charge in [0.1, 0.15) is 11.6 Å². The van der Waals surface area contributed by atoms with Gasteiger partial charge in [-0.3, -0.25) is 9.59 Å². The number of piperazine rings is 1. The van der Waals surface area contributed by atoms with Crippen molar-refractivity contribution in [3.05, 3.63) is 105 Å². The minimum absolute atomic E-state index is 0.00298. The number of ether oxygens (including phenoxy) is 1. The van der Waals surface area contributed by atoms with Crippen LogP contribution in [0.3, 0.4) is 0 Å². The Labute approximate surface area is 261 Å². The first-order valence-corrected chi connectivity index (χ1v) is 15.5. The predicted octanol–water partition coefficient (Wildman–Crippen LogP) is 6.29. The summed E-state index contributed by atoms with van der Waals surface area (Å²) in [4.78, 5) is 30.7. The lowest BCUT2D eigenvalue weighted by Crippen LogP contribution is -2.61. The van der Waals surface area contributed by atoms with Crippen LogP contribution in [-0.2, 0) is 22.6 Å². The molecule has 2 fully saturated rings. The quantitative estimate of drug-likeness (QED) is 0.305. The second-order valence-corrected chi connectivity index (χ2v) is 12.4. The van der Waals surface area contributed by atoms with E-state index < -0.39 is 5.82 Å². The molecule has 2 atom stereocenters. The Kier molecular flexibility index (Phi) is 8.75. The Morgan fingerprint density at radius 1 is 1.02 bits per heavy atom. The van der Waals surface area contributed by atoms with Gasteiger partial charge in [-0.05, 0) is 59.7 Å². The van der Waals surface area contributed by atoms with Crippen molar-refractivity contribution in [3.8, 4) is 5.75 Å². The molecule has 1 saturated heterocycles. The molecule has 9 heteroatoms. The van der Waals surface area contributed by atoms with Crippen LogP contribution in [0.25, 0.3) is 5.57 Å². The van der Waals surface area contributed by atoms with E-state index >= 15 is 0 Å². The summed E-state index contributed by atoms with van der Waals surface area (Å²) in [5.74, 6) is -0.0479. The third-order valence-electron chi connectivity index (χ3n) is 8.47. The Morgan fingerprint density at radius 2 is 1.79 bits per heavy atom.